The number of amides is 1. The van der Waals surface area contributed by atoms with Gasteiger partial charge >= 0.3 is 6.09 Å². The maximum absolute atomic E-state index is 12.3. The third kappa shape index (κ3) is 3.99. The van der Waals surface area contributed by atoms with Crippen LogP contribution in [-0.2, 0) is 4.74 Å². The number of nitrogens with zero attached hydrogens (tertiary/aromatic N) is 1. The molecule has 1 aliphatic heterocycles. The zero-order chi connectivity index (χ0) is 17.2. The van der Waals surface area contributed by atoms with Crippen LogP contribution in [0.4, 0.5) is 4.79 Å². The summed E-state index contributed by atoms with van der Waals surface area (Å²) < 4.78 is 11.5. The van der Waals surface area contributed by atoms with E-state index in [1.54, 1.807) is 4.90 Å². The summed E-state index contributed by atoms with van der Waals surface area (Å²) in [7, 11) is 0. The van der Waals surface area contributed by atoms with Crippen LogP contribution in [0.5, 0.6) is 5.75 Å². The molecule has 1 atom stereocenters. The average molecular weight is 327 g/mol. The summed E-state index contributed by atoms with van der Waals surface area (Å²) in [5.74, 6) is 0.838. The largest absolute Gasteiger partial charge is 0.491 e. The summed E-state index contributed by atoms with van der Waals surface area (Å²) in [6, 6.07) is 14.4. The first-order valence-electron chi connectivity index (χ1n) is 8.54. The Hall–Kier alpha value is -2.23. The van der Waals surface area contributed by atoms with Crippen LogP contribution in [0.25, 0.3) is 10.8 Å². The number of carbonyl (C=O) groups is 1. The lowest BCUT2D eigenvalue weighted by Crippen LogP contribution is -2.42. The quantitative estimate of drug-likeness (QED) is 0.826. The first-order chi connectivity index (χ1) is 11.4. The van der Waals surface area contributed by atoms with Gasteiger partial charge in [0.15, 0.2) is 0 Å². The van der Waals surface area contributed by atoms with Crippen molar-refractivity contribution in [2.75, 3.05) is 13.2 Å². The molecule has 2 aromatic carbocycles. The number of fused-ring (bicyclic) bond motifs is 1. The lowest BCUT2D eigenvalue weighted by atomic mass is 10.1. The molecule has 0 radical (unpaired) electrons. The van der Waals surface area contributed by atoms with Gasteiger partial charge in [0.25, 0.3) is 0 Å². The number of likely N-dealkylation sites (tertiary alicyclic amines) is 1. The Kier molecular flexibility index (Phi) is 4.65. The van der Waals surface area contributed by atoms with Gasteiger partial charge in [-0.1, -0.05) is 30.3 Å². The van der Waals surface area contributed by atoms with Crippen molar-refractivity contribution in [2.45, 2.75) is 45.3 Å². The Labute approximate surface area is 143 Å². The van der Waals surface area contributed by atoms with Crippen LogP contribution in [-0.4, -0.2) is 35.8 Å². The fourth-order valence-corrected chi connectivity index (χ4v) is 3.02. The molecule has 0 N–H and O–H groups in total. The Morgan fingerprint density at radius 2 is 1.92 bits per heavy atom. The second-order valence-corrected chi connectivity index (χ2v) is 7.29. The first-order valence-corrected chi connectivity index (χ1v) is 8.54. The summed E-state index contributed by atoms with van der Waals surface area (Å²) in [5.41, 5.74) is -0.469. The molecule has 128 valence electrons. The number of ether oxygens (including phenoxy) is 2. The minimum atomic E-state index is -0.469. The fourth-order valence-electron chi connectivity index (χ4n) is 3.02. The monoisotopic (exact) mass is 327 g/mol. The molecule has 0 aliphatic carbocycles. The van der Waals surface area contributed by atoms with Crippen molar-refractivity contribution < 1.29 is 14.3 Å². The van der Waals surface area contributed by atoms with Gasteiger partial charge in [0, 0.05) is 6.54 Å². The molecule has 0 bridgehead atoms. The molecule has 3 rings (SSSR count). The van der Waals surface area contributed by atoms with E-state index >= 15 is 0 Å². The van der Waals surface area contributed by atoms with Crippen molar-refractivity contribution in [3.8, 4) is 5.75 Å². The lowest BCUT2D eigenvalue weighted by Gasteiger charge is -2.28. The molecule has 24 heavy (non-hydrogen) atoms. The normalized spacial score (nSPS) is 18.0. The van der Waals surface area contributed by atoms with E-state index in [9.17, 15) is 4.79 Å². The summed E-state index contributed by atoms with van der Waals surface area (Å²) >= 11 is 0. The van der Waals surface area contributed by atoms with Crippen LogP contribution in [0, 0.1) is 0 Å². The lowest BCUT2D eigenvalue weighted by molar-refractivity contribution is 0.0187. The smallest absolute Gasteiger partial charge is 0.410 e. The molecule has 0 unspecified atom stereocenters. The SMILES string of the molecule is CC(C)(C)OC(=O)N1CCC[C@@H]1COc1ccc2ccccc2c1. The van der Waals surface area contributed by atoms with E-state index in [4.69, 9.17) is 9.47 Å². The zero-order valence-electron chi connectivity index (χ0n) is 14.6. The number of hydrogen-bond donors (Lipinski definition) is 0. The number of carbonyl (C=O) groups excluding carboxylic acids is 1. The molecular weight excluding hydrogens is 302 g/mol. The van der Waals surface area contributed by atoms with Gasteiger partial charge in [0.1, 0.15) is 18.0 Å². The highest BCUT2D eigenvalue weighted by Gasteiger charge is 2.32. The van der Waals surface area contributed by atoms with Gasteiger partial charge in [0.2, 0.25) is 0 Å². The molecular formula is C20H25NO3. The third-order valence-corrected chi connectivity index (χ3v) is 4.17. The molecule has 1 aliphatic rings. The first kappa shape index (κ1) is 16.6. The Morgan fingerprint density at radius 1 is 1.17 bits per heavy atom. The second kappa shape index (κ2) is 6.71. The molecule has 1 heterocycles. The van der Waals surface area contributed by atoms with Gasteiger partial charge in [-0.25, -0.2) is 4.79 Å². The number of benzene rings is 2. The average Bonchev–Trinajstić information content (AvgIpc) is 3.00. The molecule has 4 nitrogen and oxygen atoms in total. The van der Waals surface area contributed by atoms with E-state index in [1.165, 1.54) is 5.39 Å². The predicted molar refractivity (Wildman–Crippen MR) is 95.4 cm³/mol. The molecule has 1 amide bonds. The van der Waals surface area contributed by atoms with Crippen molar-refractivity contribution in [3.63, 3.8) is 0 Å². The highest BCUT2D eigenvalue weighted by atomic mass is 16.6. The number of rotatable bonds is 3. The van der Waals surface area contributed by atoms with E-state index < -0.39 is 5.60 Å². The fraction of sp³-hybridized carbons (Fsp3) is 0.450. The maximum atomic E-state index is 12.3. The van der Waals surface area contributed by atoms with Crippen molar-refractivity contribution in [3.05, 3.63) is 42.5 Å². The molecule has 0 aromatic heterocycles. The Balaban J connectivity index is 1.63. The topological polar surface area (TPSA) is 38.8 Å². The minimum absolute atomic E-state index is 0.0753. The van der Waals surface area contributed by atoms with E-state index in [0.717, 1.165) is 30.5 Å². The van der Waals surface area contributed by atoms with Crippen LogP contribution in [0.3, 0.4) is 0 Å². The summed E-state index contributed by atoms with van der Waals surface area (Å²) in [5, 5.41) is 2.35. The molecule has 0 saturated carbocycles. The third-order valence-electron chi connectivity index (χ3n) is 4.17. The van der Waals surface area contributed by atoms with E-state index in [1.807, 2.05) is 45.0 Å². The van der Waals surface area contributed by atoms with Gasteiger partial charge in [-0.3, -0.25) is 0 Å². The van der Waals surface area contributed by atoms with Gasteiger partial charge < -0.3 is 14.4 Å². The van der Waals surface area contributed by atoms with Crippen LogP contribution in [0.15, 0.2) is 42.5 Å². The Bertz CT molecular complexity index is 720. The van der Waals surface area contributed by atoms with Crippen LogP contribution < -0.4 is 4.74 Å². The molecule has 2 aromatic rings. The van der Waals surface area contributed by atoms with Gasteiger partial charge in [-0.2, -0.15) is 0 Å². The second-order valence-electron chi connectivity index (χ2n) is 7.29. The van der Waals surface area contributed by atoms with Crippen LogP contribution in [0.2, 0.25) is 0 Å². The number of hydrogen-bond acceptors (Lipinski definition) is 3. The molecule has 0 spiro atoms. The maximum Gasteiger partial charge on any atom is 0.410 e. The van der Waals surface area contributed by atoms with Crippen LogP contribution >= 0.6 is 0 Å². The summed E-state index contributed by atoms with van der Waals surface area (Å²) in [6.45, 7) is 6.91. The van der Waals surface area contributed by atoms with Crippen molar-refractivity contribution in [1.82, 2.24) is 4.90 Å². The molecule has 1 saturated heterocycles. The standard InChI is InChI=1S/C20H25NO3/c1-20(2,3)24-19(22)21-12-6-9-17(21)14-23-18-11-10-15-7-4-5-8-16(15)13-18/h4-5,7-8,10-11,13,17H,6,9,12,14H2,1-3H3/t17-/m1/s1. The Morgan fingerprint density at radius 3 is 2.67 bits per heavy atom. The highest BCUT2D eigenvalue weighted by Crippen LogP contribution is 2.24. The highest BCUT2D eigenvalue weighted by molar-refractivity contribution is 5.83. The van der Waals surface area contributed by atoms with E-state index in [0.29, 0.717) is 6.61 Å². The summed E-state index contributed by atoms with van der Waals surface area (Å²) in [4.78, 5) is 14.1. The van der Waals surface area contributed by atoms with E-state index in [2.05, 4.69) is 18.2 Å². The van der Waals surface area contributed by atoms with Gasteiger partial charge in [-0.15, -0.1) is 0 Å². The van der Waals surface area contributed by atoms with Gasteiger partial charge in [0.05, 0.1) is 6.04 Å². The van der Waals surface area contributed by atoms with Crippen LogP contribution in [0.1, 0.15) is 33.6 Å². The molecule has 1 fully saturated rings. The summed E-state index contributed by atoms with van der Waals surface area (Å²) in [6.07, 6.45) is 1.70. The van der Waals surface area contributed by atoms with Gasteiger partial charge in [-0.05, 0) is 56.5 Å². The predicted octanol–water partition coefficient (Wildman–Crippen LogP) is 4.62. The van der Waals surface area contributed by atoms with Crippen molar-refractivity contribution in [1.29, 1.82) is 0 Å². The van der Waals surface area contributed by atoms with E-state index in [-0.39, 0.29) is 12.1 Å². The van der Waals surface area contributed by atoms with Crippen molar-refractivity contribution in [2.24, 2.45) is 0 Å². The minimum Gasteiger partial charge on any atom is -0.491 e. The zero-order valence-corrected chi connectivity index (χ0v) is 14.6. The molecule has 4 heteroatoms. The van der Waals surface area contributed by atoms with Crippen molar-refractivity contribution >= 4 is 16.9 Å².